The van der Waals surface area contributed by atoms with Gasteiger partial charge >= 0.3 is 0 Å². The number of nitrogens with two attached hydrogens (primary N) is 1. The van der Waals surface area contributed by atoms with E-state index in [1.165, 1.54) is 44.9 Å². The average Bonchev–Trinajstić information content (AvgIpc) is 2.92. The molecule has 0 spiro atoms. The van der Waals surface area contributed by atoms with E-state index in [-0.39, 0.29) is 12.1 Å². The van der Waals surface area contributed by atoms with E-state index in [0.717, 1.165) is 36.5 Å². The third-order valence-electron chi connectivity index (χ3n) is 9.15. The molecule has 0 radical (unpaired) electrons. The molecule has 5 N–H and O–H groups in total. The predicted octanol–water partition coefficient (Wildman–Crippen LogP) is 3.48. The summed E-state index contributed by atoms with van der Waals surface area (Å²) >= 11 is 0. The van der Waals surface area contributed by atoms with E-state index in [2.05, 4.69) is 24.4 Å². The summed E-state index contributed by atoms with van der Waals surface area (Å²) in [7, 11) is 0. The number of hydrogen-bond acceptors (Lipinski definition) is 3. The zero-order chi connectivity index (χ0) is 18.5. The number of rotatable bonds is 2. The van der Waals surface area contributed by atoms with Crippen LogP contribution in [0.2, 0.25) is 0 Å². The van der Waals surface area contributed by atoms with Gasteiger partial charge in [0.1, 0.15) is 0 Å². The fourth-order valence-electron chi connectivity index (χ4n) is 7.72. The van der Waals surface area contributed by atoms with Crippen molar-refractivity contribution in [2.75, 3.05) is 0 Å². The van der Waals surface area contributed by atoms with Gasteiger partial charge in [0, 0.05) is 12.1 Å². The van der Waals surface area contributed by atoms with Crippen LogP contribution >= 0.6 is 0 Å². The van der Waals surface area contributed by atoms with E-state index >= 15 is 0 Å². The second kappa shape index (κ2) is 6.50. The standard InChI is InChI=1S/C21H36N4O/c1-20-9-7-15(26)11-13(20)3-5-16-17-6-4-14(12-24-25-19(22)23)21(17,2)10-8-18(16)20/h12-18,26H,3-11H2,1-2H3,(H4,22,23,25)/b24-12-/t13-,14-,15+,16+,17+,18+,20+,21-/m1/s1. The summed E-state index contributed by atoms with van der Waals surface area (Å²) in [6, 6.07) is 0. The molecule has 146 valence electrons. The van der Waals surface area contributed by atoms with Crippen molar-refractivity contribution >= 4 is 12.2 Å². The van der Waals surface area contributed by atoms with Gasteiger partial charge in [0.2, 0.25) is 5.96 Å². The van der Waals surface area contributed by atoms with Gasteiger partial charge in [-0.2, -0.15) is 5.10 Å². The third kappa shape index (κ3) is 2.78. The first-order chi connectivity index (χ1) is 12.3. The second-order valence-corrected chi connectivity index (χ2v) is 10.1. The molecule has 4 fully saturated rings. The highest BCUT2D eigenvalue weighted by Gasteiger charge is 2.59. The molecule has 5 nitrogen and oxygen atoms in total. The van der Waals surface area contributed by atoms with Crippen molar-refractivity contribution in [2.45, 2.75) is 77.7 Å². The molecule has 4 aliphatic rings. The first kappa shape index (κ1) is 18.3. The fourth-order valence-corrected chi connectivity index (χ4v) is 7.72. The maximum atomic E-state index is 10.2. The average molecular weight is 361 g/mol. The first-order valence-corrected chi connectivity index (χ1v) is 10.7. The maximum Gasteiger partial charge on any atom is 0.206 e. The lowest BCUT2D eigenvalue weighted by Crippen LogP contribution is -2.54. The van der Waals surface area contributed by atoms with Crippen LogP contribution in [0.1, 0.15) is 71.6 Å². The zero-order valence-corrected chi connectivity index (χ0v) is 16.4. The molecule has 5 heteroatoms. The summed E-state index contributed by atoms with van der Waals surface area (Å²) in [6.45, 7) is 5.04. The lowest BCUT2D eigenvalue weighted by atomic mass is 9.45. The Bertz CT molecular complexity index is 593. The van der Waals surface area contributed by atoms with Crippen molar-refractivity contribution < 1.29 is 5.11 Å². The van der Waals surface area contributed by atoms with Crippen LogP contribution in [0, 0.1) is 45.8 Å². The number of aliphatic hydroxyl groups excluding tert-OH is 1. The minimum Gasteiger partial charge on any atom is -0.393 e. The van der Waals surface area contributed by atoms with Gasteiger partial charge < -0.3 is 10.8 Å². The summed E-state index contributed by atoms with van der Waals surface area (Å²) in [4.78, 5) is 0. The van der Waals surface area contributed by atoms with Crippen molar-refractivity contribution in [3.8, 4) is 0 Å². The minimum atomic E-state index is -0.0876. The molecular formula is C21H36N4O. The molecule has 0 aliphatic heterocycles. The molecule has 4 saturated carbocycles. The highest BCUT2D eigenvalue weighted by molar-refractivity contribution is 5.75. The summed E-state index contributed by atoms with van der Waals surface area (Å²) in [6.07, 6.45) is 13.1. The van der Waals surface area contributed by atoms with Crippen LogP contribution in [0.3, 0.4) is 0 Å². The fraction of sp³-hybridized carbons (Fsp3) is 0.905. The third-order valence-corrected chi connectivity index (χ3v) is 9.15. The van der Waals surface area contributed by atoms with E-state index in [0.29, 0.717) is 16.7 Å². The molecule has 0 saturated heterocycles. The Morgan fingerprint density at radius 3 is 2.58 bits per heavy atom. The highest BCUT2D eigenvalue weighted by atomic mass is 16.3. The van der Waals surface area contributed by atoms with Gasteiger partial charge in [0.25, 0.3) is 0 Å². The van der Waals surface area contributed by atoms with Gasteiger partial charge in [-0.25, -0.2) is 5.43 Å². The number of nitrogens with zero attached hydrogens (tertiary/aromatic N) is 1. The van der Waals surface area contributed by atoms with E-state index in [1.54, 1.807) is 0 Å². The SMILES string of the molecule is C[C@]12CC[C@H](O)C[C@H]1CC[C@@H]1[C@@H]2CC[C@]2(C)[C@@H](/C=N\NC(=N)N)CC[C@@H]12. The van der Waals surface area contributed by atoms with Crippen molar-refractivity contribution in [3.63, 3.8) is 0 Å². The smallest absolute Gasteiger partial charge is 0.206 e. The molecule has 0 unspecified atom stereocenters. The van der Waals surface area contributed by atoms with Crippen LogP contribution in [0.15, 0.2) is 5.10 Å². The van der Waals surface area contributed by atoms with Crippen molar-refractivity contribution in [1.82, 2.24) is 5.43 Å². The minimum absolute atomic E-state index is 0.0562. The summed E-state index contributed by atoms with van der Waals surface area (Å²) < 4.78 is 0. The van der Waals surface area contributed by atoms with E-state index in [1.807, 2.05) is 6.21 Å². The molecule has 8 atom stereocenters. The van der Waals surface area contributed by atoms with E-state index in [9.17, 15) is 5.11 Å². The topological polar surface area (TPSA) is 94.5 Å². The summed E-state index contributed by atoms with van der Waals surface area (Å²) in [5, 5.41) is 21.7. The molecule has 0 aromatic carbocycles. The van der Waals surface area contributed by atoms with Gasteiger partial charge in [-0.1, -0.05) is 13.8 Å². The lowest BCUT2D eigenvalue weighted by Gasteiger charge is -2.60. The molecule has 0 bridgehead atoms. The molecule has 26 heavy (non-hydrogen) atoms. The molecule has 0 aromatic heterocycles. The number of hydrogen-bond donors (Lipinski definition) is 4. The summed E-state index contributed by atoms with van der Waals surface area (Å²) in [5.74, 6) is 3.65. The van der Waals surface area contributed by atoms with Gasteiger partial charge in [-0.3, -0.25) is 5.41 Å². The monoisotopic (exact) mass is 360 g/mol. The Morgan fingerprint density at radius 2 is 1.81 bits per heavy atom. The molecule has 0 amide bonds. The number of hydrazone groups is 1. The van der Waals surface area contributed by atoms with Crippen LogP contribution in [-0.2, 0) is 0 Å². The second-order valence-electron chi connectivity index (χ2n) is 10.1. The number of fused-ring (bicyclic) bond motifs is 5. The van der Waals surface area contributed by atoms with Crippen molar-refractivity contribution in [3.05, 3.63) is 0 Å². The van der Waals surface area contributed by atoms with Gasteiger partial charge in [0.05, 0.1) is 6.10 Å². The molecule has 0 aromatic rings. The normalized spacial score (nSPS) is 50.7. The van der Waals surface area contributed by atoms with Crippen LogP contribution in [0.5, 0.6) is 0 Å². The van der Waals surface area contributed by atoms with Crippen LogP contribution in [0.4, 0.5) is 0 Å². The number of nitrogens with one attached hydrogen (secondary N) is 2. The van der Waals surface area contributed by atoms with Crippen LogP contribution < -0.4 is 11.2 Å². The predicted molar refractivity (Wildman–Crippen MR) is 105 cm³/mol. The van der Waals surface area contributed by atoms with Gasteiger partial charge in [-0.15, -0.1) is 0 Å². The largest absolute Gasteiger partial charge is 0.393 e. The van der Waals surface area contributed by atoms with E-state index in [4.69, 9.17) is 11.1 Å². The summed E-state index contributed by atoms with van der Waals surface area (Å²) in [5.41, 5.74) is 8.75. The van der Waals surface area contributed by atoms with Crippen molar-refractivity contribution in [1.29, 1.82) is 5.41 Å². The number of aliphatic hydroxyl groups is 1. The molecule has 4 rings (SSSR count). The Labute approximate surface area is 157 Å². The Balaban J connectivity index is 1.52. The Kier molecular flexibility index (Phi) is 4.57. The van der Waals surface area contributed by atoms with Crippen LogP contribution in [-0.4, -0.2) is 23.4 Å². The zero-order valence-electron chi connectivity index (χ0n) is 16.4. The Hall–Kier alpha value is -1.10. The first-order valence-electron chi connectivity index (χ1n) is 10.7. The lowest BCUT2D eigenvalue weighted by molar-refractivity contribution is -0.123. The molecule has 0 heterocycles. The maximum absolute atomic E-state index is 10.2. The van der Waals surface area contributed by atoms with E-state index < -0.39 is 0 Å². The quantitative estimate of drug-likeness (QED) is 0.345. The molecular weight excluding hydrogens is 324 g/mol. The Morgan fingerprint density at radius 1 is 1.08 bits per heavy atom. The number of guanidine groups is 1. The van der Waals surface area contributed by atoms with Gasteiger partial charge in [-0.05, 0) is 92.3 Å². The van der Waals surface area contributed by atoms with Crippen molar-refractivity contribution in [2.24, 2.45) is 51.3 Å². The highest BCUT2D eigenvalue weighted by Crippen LogP contribution is 2.67. The van der Waals surface area contributed by atoms with Gasteiger partial charge in [0.15, 0.2) is 0 Å². The molecule has 4 aliphatic carbocycles. The van der Waals surface area contributed by atoms with Crippen LogP contribution in [0.25, 0.3) is 0 Å².